The van der Waals surface area contributed by atoms with Crippen molar-refractivity contribution in [2.24, 2.45) is 5.92 Å². The summed E-state index contributed by atoms with van der Waals surface area (Å²) in [7, 11) is 1.73. The second-order valence-corrected chi connectivity index (χ2v) is 5.97. The minimum Gasteiger partial charge on any atom is -0.496 e. The molecular weight excluding hydrogens is 287 g/mol. The Morgan fingerprint density at radius 3 is 2.88 bits per heavy atom. The summed E-state index contributed by atoms with van der Waals surface area (Å²) >= 11 is 9.64. The first-order valence-electron chi connectivity index (χ1n) is 5.65. The third-order valence-corrected chi connectivity index (χ3v) is 4.12. The first-order valence-corrected chi connectivity index (χ1v) is 6.88. The van der Waals surface area contributed by atoms with Crippen LogP contribution in [0.1, 0.15) is 24.8 Å². The lowest BCUT2D eigenvalue weighted by Crippen LogP contribution is -2.02. The number of ether oxygens (including phenoxy) is 1. The highest BCUT2D eigenvalue weighted by molar-refractivity contribution is 9.10. The maximum Gasteiger partial charge on any atom is 0.122 e. The second kappa shape index (κ2) is 5.42. The minimum atomic E-state index is 0.378. The summed E-state index contributed by atoms with van der Waals surface area (Å²) in [6.07, 6.45) is 4.61. The highest BCUT2D eigenvalue weighted by Gasteiger charge is 2.23. The summed E-state index contributed by atoms with van der Waals surface area (Å²) in [4.78, 5) is 0. The Labute approximate surface area is 110 Å². The first-order chi connectivity index (χ1) is 7.69. The smallest absolute Gasteiger partial charge is 0.122 e. The average molecular weight is 304 g/mol. The van der Waals surface area contributed by atoms with E-state index >= 15 is 0 Å². The Balaban J connectivity index is 2.10. The van der Waals surface area contributed by atoms with Crippen molar-refractivity contribution in [1.29, 1.82) is 0 Å². The van der Waals surface area contributed by atoms with Gasteiger partial charge < -0.3 is 4.74 Å². The summed E-state index contributed by atoms with van der Waals surface area (Å²) in [5.74, 6) is 1.70. The number of hydrogen-bond donors (Lipinski definition) is 0. The van der Waals surface area contributed by atoms with E-state index in [-0.39, 0.29) is 0 Å². The van der Waals surface area contributed by atoms with Gasteiger partial charge in [0.2, 0.25) is 0 Å². The van der Waals surface area contributed by atoms with Crippen LogP contribution in [-0.4, -0.2) is 12.5 Å². The summed E-state index contributed by atoms with van der Waals surface area (Å²) in [6.45, 7) is 0. The third kappa shape index (κ3) is 2.92. The Bertz CT molecular complexity index is 367. The second-order valence-electron chi connectivity index (χ2n) is 4.44. The van der Waals surface area contributed by atoms with Crippen molar-refractivity contribution in [2.75, 3.05) is 7.11 Å². The van der Waals surface area contributed by atoms with Gasteiger partial charge in [-0.05, 0) is 55.4 Å². The molecule has 2 atom stereocenters. The summed E-state index contributed by atoms with van der Waals surface area (Å²) < 4.78 is 6.50. The molecule has 16 heavy (non-hydrogen) atoms. The van der Waals surface area contributed by atoms with Crippen LogP contribution in [0.4, 0.5) is 0 Å². The number of benzene rings is 1. The average Bonchev–Trinajstić information content (AvgIpc) is 2.64. The molecule has 1 fully saturated rings. The zero-order valence-electron chi connectivity index (χ0n) is 9.38. The molecule has 88 valence electrons. The lowest BCUT2D eigenvalue weighted by molar-refractivity contribution is 0.404. The van der Waals surface area contributed by atoms with Crippen molar-refractivity contribution in [3.8, 4) is 5.75 Å². The summed E-state index contributed by atoms with van der Waals surface area (Å²) in [5, 5.41) is 0.378. The Morgan fingerprint density at radius 2 is 2.25 bits per heavy atom. The standard InChI is InChI=1S/C13H16BrClO/c1-16-13-5-3-11(14)8-10(13)6-9-2-4-12(15)7-9/h3,5,8-9,12H,2,4,6-7H2,1H3. The molecule has 1 aliphatic rings. The van der Waals surface area contributed by atoms with E-state index in [1.54, 1.807) is 7.11 Å². The largest absolute Gasteiger partial charge is 0.496 e. The van der Waals surface area contributed by atoms with Gasteiger partial charge >= 0.3 is 0 Å². The van der Waals surface area contributed by atoms with Crippen molar-refractivity contribution < 1.29 is 4.74 Å². The lowest BCUT2D eigenvalue weighted by Gasteiger charge is -2.13. The predicted molar refractivity (Wildman–Crippen MR) is 71.4 cm³/mol. The molecule has 2 rings (SSSR count). The fourth-order valence-corrected chi connectivity index (χ4v) is 3.20. The van der Waals surface area contributed by atoms with Gasteiger partial charge in [-0.2, -0.15) is 0 Å². The maximum atomic E-state index is 6.14. The molecule has 0 saturated heterocycles. The van der Waals surface area contributed by atoms with Crippen molar-refractivity contribution in [2.45, 2.75) is 31.1 Å². The van der Waals surface area contributed by atoms with Gasteiger partial charge in [0.25, 0.3) is 0 Å². The molecule has 1 nitrogen and oxygen atoms in total. The maximum absolute atomic E-state index is 6.14. The monoisotopic (exact) mass is 302 g/mol. The van der Waals surface area contributed by atoms with Crippen LogP contribution in [0.5, 0.6) is 5.75 Å². The van der Waals surface area contributed by atoms with Crippen LogP contribution < -0.4 is 4.74 Å². The molecule has 0 aromatic heterocycles. The highest BCUT2D eigenvalue weighted by Crippen LogP contribution is 2.34. The van der Waals surface area contributed by atoms with Gasteiger partial charge in [-0.25, -0.2) is 0 Å². The van der Waals surface area contributed by atoms with E-state index in [1.807, 2.05) is 12.1 Å². The molecule has 0 N–H and O–H groups in total. The molecule has 1 saturated carbocycles. The van der Waals surface area contributed by atoms with E-state index in [2.05, 4.69) is 22.0 Å². The Kier molecular flexibility index (Phi) is 4.15. The molecule has 0 aliphatic heterocycles. The zero-order valence-corrected chi connectivity index (χ0v) is 11.7. The molecule has 2 unspecified atom stereocenters. The number of hydrogen-bond acceptors (Lipinski definition) is 1. The summed E-state index contributed by atoms with van der Waals surface area (Å²) in [6, 6.07) is 6.19. The fourth-order valence-electron chi connectivity index (χ4n) is 2.42. The highest BCUT2D eigenvalue weighted by atomic mass is 79.9. The minimum absolute atomic E-state index is 0.378. The Hall–Kier alpha value is -0.210. The fraction of sp³-hybridized carbons (Fsp3) is 0.538. The van der Waals surface area contributed by atoms with E-state index in [0.717, 1.165) is 29.5 Å². The Morgan fingerprint density at radius 1 is 1.44 bits per heavy atom. The van der Waals surface area contributed by atoms with E-state index < -0.39 is 0 Å². The molecule has 1 aromatic rings. The van der Waals surface area contributed by atoms with E-state index in [1.165, 1.54) is 12.0 Å². The van der Waals surface area contributed by atoms with Crippen LogP contribution in [0.2, 0.25) is 0 Å². The van der Waals surface area contributed by atoms with Gasteiger partial charge in [0, 0.05) is 9.85 Å². The molecule has 1 aromatic carbocycles. The van der Waals surface area contributed by atoms with Gasteiger partial charge in [-0.1, -0.05) is 15.9 Å². The van der Waals surface area contributed by atoms with Gasteiger partial charge in [0.1, 0.15) is 5.75 Å². The number of alkyl halides is 1. The van der Waals surface area contributed by atoms with Gasteiger partial charge in [0.15, 0.2) is 0 Å². The van der Waals surface area contributed by atoms with Gasteiger partial charge in [0.05, 0.1) is 7.11 Å². The van der Waals surface area contributed by atoms with Crippen LogP contribution in [0.25, 0.3) is 0 Å². The van der Waals surface area contributed by atoms with Crippen molar-refractivity contribution in [1.82, 2.24) is 0 Å². The van der Waals surface area contributed by atoms with Crippen LogP contribution in [0, 0.1) is 5.92 Å². The SMILES string of the molecule is COc1ccc(Br)cc1CC1CCC(Cl)C1. The first kappa shape index (κ1) is 12.3. The molecule has 3 heteroatoms. The predicted octanol–water partition coefficient (Wildman–Crippen LogP) is 4.41. The van der Waals surface area contributed by atoms with Gasteiger partial charge in [-0.15, -0.1) is 11.6 Å². The van der Waals surface area contributed by atoms with E-state index in [4.69, 9.17) is 16.3 Å². The van der Waals surface area contributed by atoms with Gasteiger partial charge in [-0.3, -0.25) is 0 Å². The van der Waals surface area contributed by atoms with E-state index in [9.17, 15) is 0 Å². The zero-order chi connectivity index (χ0) is 11.5. The molecule has 0 heterocycles. The molecule has 0 amide bonds. The third-order valence-electron chi connectivity index (χ3n) is 3.23. The summed E-state index contributed by atoms with van der Waals surface area (Å²) in [5.41, 5.74) is 1.28. The molecule has 0 bridgehead atoms. The molecule has 0 spiro atoms. The lowest BCUT2D eigenvalue weighted by atomic mass is 9.97. The van der Waals surface area contributed by atoms with Crippen LogP contribution in [0.3, 0.4) is 0 Å². The molecule has 1 aliphatic carbocycles. The number of methoxy groups -OCH3 is 1. The topological polar surface area (TPSA) is 9.23 Å². The van der Waals surface area contributed by atoms with E-state index in [0.29, 0.717) is 11.3 Å². The number of rotatable bonds is 3. The molecule has 0 radical (unpaired) electrons. The van der Waals surface area contributed by atoms with Crippen molar-refractivity contribution in [3.05, 3.63) is 28.2 Å². The van der Waals surface area contributed by atoms with Crippen LogP contribution in [0.15, 0.2) is 22.7 Å². The normalized spacial score (nSPS) is 24.7. The van der Waals surface area contributed by atoms with Crippen molar-refractivity contribution in [3.63, 3.8) is 0 Å². The molecular formula is C13H16BrClO. The quantitative estimate of drug-likeness (QED) is 0.752. The van der Waals surface area contributed by atoms with Crippen molar-refractivity contribution >= 4 is 27.5 Å². The van der Waals surface area contributed by atoms with Crippen LogP contribution >= 0.6 is 27.5 Å². The van der Waals surface area contributed by atoms with Crippen LogP contribution in [-0.2, 0) is 6.42 Å². The number of halogens is 2.